The smallest absolute Gasteiger partial charge is 0.119 e. The van der Waals surface area contributed by atoms with Crippen molar-refractivity contribution in [1.29, 1.82) is 0 Å². The molecule has 0 radical (unpaired) electrons. The molecule has 3 rings (SSSR count). The molecule has 0 amide bonds. The molecular formula is C31H43NO. The van der Waals surface area contributed by atoms with Crippen LogP contribution < -0.4 is 9.64 Å². The van der Waals surface area contributed by atoms with Crippen LogP contribution in [0.2, 0.25) is 0 Å². The van der Waals surface area contributed by atoms with Crippen molar-refractivity contribution in [2.75, 3.05) is 18.1 Å². The monoisotopic (exact) mass is 445 g/mol. The summed E-state index contributed by atoms with van der Waals surface area (Å²) in [5, 5.41) is 0. The number of nitrogens with zero attached hydrogens (tertiary/aromatic N) is 1. The van der Waals surface area contributed by atoms with E-state index in [4.69, 9.17) is 4.74 Å². The Morgan fingerprint density at radius 2 is 1.67 bits per heavy atom. The number of para-hydroxylation sites is 1. The lowest BCUT2D eigenvalue weighted by Gasteiger charge is -2.24. The molecule has 2 atom stereocenters. The molecule has 0 saturated heterocycles. The molecule has 0 aromatic heterocycles. The average Bonchev–Trinajstić information content (AvgIpc) is 3.32. The molecule has 0 spiro atoms. The summed E-state index contributed by atoms with van der Waals surface area (Å²) >= 11 is 0. The topological polar surface area (TPSA) is 12.5 Å². The fraction of sp³-hybridized carbons (Fsp3) is 0.484. The van der Waals surface area contributed by atoms with E-state index in [-0.39, 0.29) is 0 Å². The zero-order chi connectivity index (χ0) is 23.5. The fourth-order valence-electron chi connectivity index (χ4n) is 5.16. The molecule has 1 fully saturated rings. The first-order chi connectivity index (χ1) is 16.1. The third-order valence-electron chi connectivity index (χ3n) is 7.21. The number of hydrogen-bond donors (Lipinski definition) is 0. The Morgan fingerprint density at radius 1 is 0.970 bits per heavy atom. The average molecular weight is 446 g/mol. The Balaban J connectivity index is 1.62. The molecule has 0 heterocycles. The Kier molecular flexibility index (Phi) is 10.1. The summed E-state index contributed by atoms with van der Waals surface area (Å²) in [6.45, 7) is 10.7. The van der Waals surface area contributed by atoms with Gasteiger partial charge in [0.05, 0.1) is 6.61 Å². The maximum Gasteiger partial charge on any atom is 0.119 e. The van der Waals surface area contributed by atoms with Gasteiger partial charge in [-0.3, -0.25) is 0 Å². The zero-order valence-electron chi connectivity index (χ0n) is 21.2. The van der Waals surface area contributed by atoms with Gasteiger partial charge in [0, 0.05) is 17.9 Å². The predicted molar refractivity (Wildman–Crippen MR) is 143 cm³/mol. The van der Waals surface area contributed by atoms with E-state index in [0.29, 0.717) is 5.92 Å². The summed E-state index contributed by atoms with van der Waals surface area (Å²) in [6, 6.07) is 19.3. The number of ether oxygens (including phenoxy) is 1. The number of anilines is 2. The highest BCUT2D eigenvalue weighted by Crippen LogP contribution is 2.38. The van der Waals surface area contributed by atoms with Gasteiger partial charge in [0.2, 0.25) is 0 Å². The van der Waals surface area contributed by atoms with Gasteiger partial charge in [-0.1, -0.05) is 75.6 Å². The summed E-state index contributed by atoms with van der Waals surface area (Å²) in [5.74, 6) is 3.49. The van der Waals surface area contributed by atoms with E-state index >= 15 is 0 Å². The molecule has 1 saturated carbocycles. The van der Waals surface area contributed by atoms with E-state index in [0.717, 1.165) is 37.2 Å². The fourth-order valence-corrected chi connectivity index (χ4v) is 5.16. The molecule has 1 aliphatic rings. The lowest BCUT2D eigenvalue weighted by atomic mass is 9.86. The second-order valence-electron chi connectivity index (χ2n) is 9.53. The molecule has 0 bridgehead atoms. The highest BCUT2D eigenvalue weighted by molar-refractivity contribution is 5.64. The van der Waals surface area contributed by atoms with Crippen molar-refractivity contribution >= 4 is 11.4 Å². The normalized spacial score (nSPS) is 18.9. The summed E-state index contributed by atoms with van der Waals surface area (Å²) < 4.78 is 6.23. The highest BCUT2D eigenvalue weighted by atomic mass is 16.5. The van der Waals surface area contributed by atoms with Gasteiger partial charge in [-0.05, 0) is 86.8 Å². The number of hydrogen-bond acceptors (Lipinski definition) is 2. The van der Waals surface area contributed by atoms with E-state index < -0.39 is 0 Å². The van der Waals surface area contributed by atoms with Crippen LogP contribution in [-0.2, 0) is 0 Å². The predicted octanol–water partition coefficient (Wildman–Crippen LogP) is 8.97. The lowest BCUT2D eigenvalue weighted by Crippen LogP contribution is -2.17. The minimum Gasteiger partial charge on any atom is -0.493 e. The van der Waals surface area contributed by atoms with Crippen LogP contribution in [0.4, 0.5) is 11.4 Å². The van der Waals surface area contributed by atoms with Crippen LogP contribution in [0.25, 0.3) is 0 Å². The Hall–Kier alpha value is -2.48. The van der Waals surface area contributed by atoms with Crippen molar-refractivity contribution in [1.82, 2.24) is 0 Å². The van der Waals surface area contributed by atoms with E-state index in [1.807, 2.05) is 0 Å². The van der Waals surface area contributed by atoms with E-state index in [1.165, 1.54) is 49.1 Å². The SMILES string of the molecule is CC/C=C\C(C)=C/CN(c1ccccc1)c1ccc(OCC2CCC(C(CC)CC)C2)cc1. The van der Waals surface area contributed by atoms with Gasteiger partial charge in [-0.15, -0.1) is 0 Å². The summed E-state index contributed by atoms with van der Waals surface area (Å²) in [4.78, 5) is 2.35. The third-order valence-corrected chi connectivity index (χ3v) is 7.21. The lowest BCUT2D eigenvalue weighted by molar-refractivity contribution is 0.236. The van der Waals surface area contributed by atoms with Crippen molar-refractivity contribution < 1.29 is 4.74 Å². The third kappa shape index (κ3) is 7.52. The summed E-state index contributed by atoms with van der Waals surface area (Å²) in [6.07, 6.45) is 14.4. The van der Waals surface area contributed by atoms with Gasteiger partial charge in [-0.2, -0.15) is 0 Å². The van der Waals surface area contributed by atoms with Crippen molar-refractivity contribution in [3.05, 3.63) is 78.4 Å². The molecule has 33 heavy (non-hydrogen) atoms. The first-order valence-corrected chi connectivity index (χ1v) is 13.0. The van der Waals surface area contributed by atoms with Crippen molar-refractivity contribution in [2.24, 2.45) is 17.8 Å². The maximum atomic E-state index is 6.23. The molecule has 178 valence electrons. The molecule has 1 aliphatic carbocycles. The van der Waals surface area contributed by atoms with Gasteiger partial charge in [0.25, 0.3) is 0 Å². The van der Waals surface area contributed by atoms with Crippen LogP contribution in [0.5, 0.6) is 5.75 Å². The molecule has 2 nitrogen and oxygen atoms in total. The quantitative estimate of drug-likeness (QED) is 0.302. The Labute approximate surface area is 202 Å². The van der Waals surface area contributed by atoms with Crippen molar-refractivity contribution in [3.63, 3.8) is 0 Å². The first kappa shape index (κ1) is 25.1. The second-order valence-corrected chi connectivity index (χ2v) is 9.53. The second kappa shape index (κ2) is 13.3. The Morgan fingerprint density at radius 3 is 2.33 bits per heavy atom. The standard InChI is InChI=1S/C31H43NO/c1-5-8-12-25(4)21-22-32(29-13-10-9-11-14-29)30-17-19-31(20-18-30)33-24-26-15-16-28(23-26)27(6-2)7-3/h8-14,17-21,26-28H,5-7,15-16,22-24H2,1-4H3/b12-8-,25-21-. The van der Waals surface area contributed by atoms with E-state index in [1.54, 1.807) is 0 Å². The van der Waals surface area contributed by atoms with Crippen LogP contribution in [0, 0.1) is 17.8 Å². The number of allylic oxidation sites excluding steroid dienone is 3. The summed E-state index contributed by atoms with van der Waals surface area (Å²) in [5.41, 5.74) is 3.68. The van der Waals surface area contributed by atoms with Crippen molar-refractivity contribution in [3.8, 4) is 5.75 Å². The van der Waals surface area contributed by atoms with Crippen molar-refractivity contribution in [2.45, 2.75) is 66.2 Å². The zero-order valence-corrected chi connectivity index (χ0v) is 21.2. The van der Waals surface area contributed by atoms with Crippen LogP contribution in [-0.4, -0.2) is 13.2 Å². The maximum absolute atomic E-state index is 6.23. The van der Waals surface area contributed by atoms with Gasteiger partial charge >= 0.3 is 0 Å². The molecule has 0 aliphatic heterocycles. The van der Waals surface area contributed by atoms with Crippen LogP contribution in [0.1, 0.15) is 66.2 Å². The van der Waals surface area contributed by atoms with Gasteiger partial charge in [-0.25, -0.2) is 0 Å². The number of rotatable bonds is 12. The molecule has 0 N–H and O–H groups in total. The summed E-state index contributed by atoms with van der Waals surface area (Å²) in [7, 11) is 0. The van der Waals surface area contributed by atoms with E-state index in [9.17, 15) is 0 Å². The Bertz CT molecular complexity index is 864. The molecule has 2 heteroatoms. The van der Waals surface area contributed by atoms with Gasteiger partial charge in [0.15, 0.2) is 0 Å². The molecule has 2 aromatic rings. The highest BCUT2D eigenvalue weighted by Gasteiger charge is 2.29. The minimum absolute atomic E-state index is 0.709. The van der Waals surface area contributed by atoms with Crippen LogP contribution in [0.15, 0.2) is 78.4 Å². The minimum atomic E-state index is 0.709. The first-order valence-electron chi connectivity index (χ1n) is 13.0. The number of benzene rings is 2. The molecule has 2 aromatic carbocycles. The van der Waals surface area contributed by atoms with Gasteiger partial charge < -0.3 is 9.64 Å². The van der Waals surface area contributed by atoms with Gasteiger partial charge in [0.1, 0.15) is 5.75 Å². The van der Waals surface area contributed by atoms with E-state index in [2.05, 4.69) is 105 Å². The largest absolute Gasteiger partial charge is 0.493 e. The molecular weight excluding hydrogens is 402 g/mol. The van der Waals surface area contributed by atoms with Crippen LogP contribution >= 0.6 is 0 Å². The molecule has 2 unspecified atom stereocenters. The van der Waals surface area contributed by atoms with Crippen LogP contribution in [0.3, 0.4) is 0 Å².